The van der Waals surface area contributed by atoms with Gasteiger partial charge in [-0.1, -0.05) is 72.8 Å². The topological polar surface area (TPSA) is 71.1 Å². The third-order valence-corrected chi connectivity index (χ3v) is 10.1. The Morgan fingerprint density at radius 2 is 0.946 bits per heavy atom. The van der Waals surface area contributed by atoms with Crippen LogP contribution in [0.25, 0.3) is 0 Å². The second kappa shape index (κ2) is 14.0. The van der Waals surface area contributed by atoms with Gasteiger partial charge in [0.1, 0.15) is 23.0 Å². The van der Waals surface area contributed by atoms with Crippen molar-refractivity contribution in [3.63, 3.8) is 0 Å². The molecule has 0 saturated heterocycles. The molecule has 0 aliphatic rings. The molecule has 1 atom stereocenters. The van der Waals surface area contributed by atoms with E-state index in [-0.39, 0.29) is 11.9 Å². The molecule has 0 bridgehead atoms. The number of rotatable bonds is 14. The van der Waals surface area contributed by atoms with E-state index in [2.05, 4.69) is 0 Å². The van der Waals surface area contributed by atoms with E-state index in [1.807, 2.05) is 72.8 Å². The van der Waals surface area contributed by atoms with Crippen molar-refractivity contribution in [2.75, 3.05) is 23.8 Å². The van der Waals surface area contributed by atoms with Crippen LogP contribution in [0.5, 0.6) is 23.0 Å². The lowest BCUT2D eigenvalue weighted by atomic mass is 10.3. The molecule has 0 aromatic heterocycles. The highest BCUT2D eigenvalue weighted by atomic mass is 32.2. The number of para-hydroxylation sites is 4. The van der Waals surface area contributed by atoms with Crippen molar-refractivity contribution in [2.24, 2.45) is 0 Å². The van der Waals surface area contributed by atoms with Crippen molar-refractivity contribution in [3.05, 3.63) is 121 Å². The first-order chi connectivity index (χ1) is 18.1. The third kappa shape index (κ3) is 9.36. The minimum atomic E-state index is -3.62. The van der Waals surface area contributed by atoms with E-state index in [4.69, 9.17) is 18.1 Å². The fourth-order valence-electron chi connectivity index (χ4n) is 3.19. The predicted octanol–water partition coefficient (Wildman–Crippen LogP) is 7.56. The molecule has 0 N–H and O–H groups in total. The van der Waals surface area contributed by atoms with E-state index >= 15 is 0 Å². The molecule has 0 radical (unpaired) electrons. The van der Waals surface area contributed by atoms with Gasteiger partial charge in [0.05, 0.1) is 12.3 Å². The molecular formula is C28H28O6P2S. The van der Waals surface area contributed by atoms with Crippen LogP contribution >= 0.6 is 16.0 Å². The summed E-state index contributed by atoms with van der Waals surface area (Å²) in [5.74, 6) is 2.71. The Bertz CT molecular complexity index is 1190. The van der Waals surface area contributed by atoms with Crippen LogP contribution in [0.2, 0.25) is 0 Å². The number of benzene rings is 4. The van der Waals surface area contributed by atoms with E-state index in [1.165, 1.54) is 0 Å². The maximum atomic E-state index is 13.7. The van der Waals surface area contributed by atoms with Crippen molar-refractivity contribution in [1.29, 1.82) is 0 Å². The van der Waals surface area contributed by atoms with Crippen molar-refractivity contribution in [3.8, 4) is 23.0 Å². The van der Waals surface area contributed by atoms with Gasteiger partial charge in [0.2, 0.25) is 0 Å². The molecule has 4 aromatic rings. The summed E-state index contributed by atoms with van der Waals surface area (Å²) in [6.45, 7) is 0. The quantitative estimate of drug-likeness (QED) is 0.150. The van der Waals surface area contributed by atoms with Crippen LogP contribution in [-0.2, 0) is 15.4 Å². The summed E-state index contributed by atoms with van der Waals surface area (Å²) in [6, 6.07) is 36.5. The normalized spacial score (nSPS) is 12.0. The lowest BCUT2D eigenvalue weighted by molar-refractivity contribution is 0.387. The van der Waals surface area contributed by atoms with Gasteiger partial charge in [-0.3, -0.25) is 4.21 Å². The monoisotopic (exact) mass is 554 g/mol. The third-order valence-electron chi connectivity index (χ3n) is 4.97. The van der Waals surface area contributed by atoms with Gasteiger partial charge in [0.25, 0.3) is 8.38 Å². The highest BCUT2D eigenvalue weighted by Crippen LogP contribution is 2.48. The summed E-state index contributed by atoms with van der Waals surface area (Å²) in [5, 5.41) is 0. The summed E-state index contributed by atoms with van der Waals surface area (Å²) in [7, 11) is -6.31. The Hall–Kier alpha value is -3.11. The van der Waals surface area contributed by atoms with Gasteiger partial charge < -0.3 is 18.1 Å². The SMILES string of the molecule is O=S(CCP(Oc1ccccc1)Oc1ccccc1)CCP(=O)(Oc1ccccc1)Oc1ccccc1. The summed E-state index contributed by atoms with van der Waals surface area (Å²) >= 11 is 0. The van der Waals surface area contributed by atoms with Crippen LogP contribution in [0.4, 0.5) is 0 Å². The molecule has 4 aromatic carbocycles. The van der Waals surface area contributed by atoms with Crippen LogP contribution in [-0.4, -0.2) is 28.0 Å². The van der Waals surface area contributed by atoms with Crippen molar-refractivity contribution in [2.45, 2.75) is 0 Å². The lowest BCUT2D eigenvalue weighted by Crippen LogP contribution is -2.15. The average Bonchev–Trinajstić information content (AvgIpc) is 2.93. The van der Waals surface area contributed by atoms with Crippen molar-refractivity contribution >= 4 is 26.8 Å². The van der Waals surface area contributed by atoms with E-state index in [0.717, 1.165) is 0 Å². The highest BCUT2D eigenvalue weighted by molar-refractivity contribution is 7.85. The molecule has 0 spiro atoms. The second-order valence-electron chi connectivity index (χ2n) is 7.86. The van der Waals surface area contributed by atoms with Crippen LogP contribution in [0.15, 0.2) is 121 Å². The number of hydrogen-bond donors (Lipinski definition) is 0. The van der Waals surface area contributed by atoms with Crippen LogP contribution in [0.1, 0.15) is 0 Å². The van der Waals surface area contributed by atoms with Gasteiger partial charge in [-0.15, -0.1) is 0 Å². The Balaban J connectivity index is 1.38. The maximum absolute atomic E-state index is 13.7. The minimum Gasteiger partial charge on any atom is -0.439 e. The lowest BCUT2D eigenvalue weighted by Gasteiger charge is -2.20. The van der Waals surface area contributed by atoms with Crippen molar-refractivity contribution < 1.29 is 26.9 Å². The van der Waals surface area contributed by atoms with Gasteiger partial charge in [-0.05, 0) is 48.5 Å². The first kappa shape index (κ1) is 26.9. The average molecular weight is 555 g/mol. The second-order valence-corrected chi connectivity index (χ2v) is 13.1. The maximum Gasteiger partial charge on any atom is 0.431 e. The van der Waals surface area contributed by atoms with Gasteiger partial charge >= 0.3 is 7.60 Å². The van der Waals surface area contributed by atoms with Crippen LogP contribution in [0.3, 0.4) is 0 Å². The molecule has 0 saturated carbocycles. The molecular weight excluding hydrogens is 526 g/mol. The van der Waals surface area contributed by atoms with Gasteiger partial charge in [0.15, 0.2) is 0 Å². The molecule has 0 heterocycles. The summed E-state index contributed by atoms with van der Waals surface area (Å²) in [4.78, 5) is 0. The molecule has 0 aliphatic carbocycles. The first-order valence-corrected chi connectivity index (χ1v) is 16.3. The summed E-state index contributed by atoms with van der Waals surface area (Å²) in [6.07, 6.45) is 0.440. The van der Waals surface area contributed by atoms with Gasteiger partial charge in [-0.25, -0.2) is 4.57 Å². The summed E-state index contributed by atoms with van der Waals surface area (Å²) < 4.78 is 50.4. The van der Waals surface area contributed by atoms with Crippen molar-refractivity contribution in [1.82, 2.24) is 0 Å². The van der Waals surface area contributed by atoms with E-state index < -0.39 is 26.8 Å². The fourth-order valence-corrected chi connectivity index (χ4v) is 8.56. The zero-order valence-electron chi connectivity index (χ0n) is 20.1. The molecule has 0 amide bonds. The minimum absolute atomic E-state index is 0.000407. The largest absolute Gasteiger partial charge is 0.439 e. The Morgan fingerprint density at radius 3 is 1.35 bits per heavy atom. The standard InChI is InChI=1S/C28H28O6P2S/c29-36(33-27-17-9-3-10-18-27,34-28-19-11-4-12-20-28)22-24-37(30)23-21-35(31-25-13-5-1-6-14-25)32-26-15-7-2-8-16-26/h1-20H,21-24H2. The molecule has 0 aliphatic heterocycles. The molecule has 0 fully saturated rings. The van der Waals surface area contributed by atoms with Crippen LogP contribution < -0.4 is 18.1 Å². The van der Waals surface area contributed by atoms with Crippen LogP contribution in [0, 0.1) is 0 Å². The summed E-state index contributed by atoms with van der Waals surface area (Å²) in [5.41, 5.74) is 0. The predicted molar refractivity (Wildman–Crippen MR) is 150 cm³/mol. The van der Waals surface area contributed by atoms with E-state index in [0.29, 0.717) is 34.9 Å². The van der Waals surface area contributed by atoms with Gasteiger partial charge in [-0.2, -0.15) is 0 Å². The molecule has 9 heteroatoms. The zero-order valence-corrected chi connectivity index (χ0v) is 22.7. The Morgan fingerprint density at radius 1 is 0.568 bits per heavy atom. The molecule has 4 rings (SSSR count). The molecule has 6 nitrogen and oxygen atoms in total. The smallest absolute Gasteiger partial charge is 0.431 e. The van der Waals surface area contributed by atoms with E-state index in [1.54, 1.807) is 48.5 Å². The molecule has 1 unspecified atom stereocenters. The molecule has 37 heavy (non-hydrogen) atoms. The number of hydrogen-bond acceptors (Lipinski definition) is 6. The molecule has 192 valence electrons. The Labute approximate surface area is 221 Å². The van der Waals surface area contributed by atoms with E-state index in [9.17, 15) is 8.77 Å². The first-order valence-electron chi connectivity index (χ1n) is 11.7. The Kier molecular flexibility index (Phi) is 10.2. The highest BCUT2D eigenvalue weighted by Gasteiger charge is 2.29. The zero-order chi connectivity index (χ0) is 25.8. The fraction of sp³-hybridized carbons (Fsp3) is 0.143. The van der Waals surface area contributed by atoms with Gasteiger partial charge in [0, 0.05) is 22.3 Å².